The van der Waals surface area contributed by atoms with Crippen molar-refractivity contribution < 1.29 is 28.8 Å². The lowest BCUT2D eigenvalue weighted by molar-refractivity contribution is -0.384. The molecule has 1 heterocycles. The molecule has 0 aliphatic rings. The van der Waals surface area contributed by atoms with Crippen molar-refractivity contribution in [3.8, 4) is 5.75 Å². The van der Waals surface area contributed by atoms with Gasteiger partial charge in [-0.15, -0.1) is 0 Å². The summed E-state index contributed by atoms with van der Waals surface area (Å²) in [4.78, 5) is 51.4. The molecule has 10 heteroatoms. The third-order valence-corrected chi connectivity index (χ3v) is 5.35. The number of rotatable bonds is 9. The highest BCUT2D eigenvalue weighted by molar-refractivity contribution is 5.98. The van der Waals surface area contributed by atoms with E-state index in [4.69, 9.17) is 9.47 Å². The van der Waals surface area contributed by atoms with Crippen LogP contribution < -0.4 is 10.1 Å². The molecular weight excluding hydrogens is 466 g/mol. The highest BCUT2D eigenvalue weighted by Gasteiger charge is 2.26. The number of para-hydroxylation sites is 2. The number of nitrogens with one attached hydrogen (secondary N) is 2. The molecular formula is C26H21N3O7. The maximum atomic E-state index is 12.9. The minimum atomic E-state index is -1.17. The number of carbonyl (C=O) groups is 3. The summed E-state index contributed by atoms with van der Waals surface area (Å²) >= 11 is 0. The van der Waals surface area contributed by atoms with Gasteiger partial charge in [-0.25, -0.2) is 9.59 Å². The van der Waals surface area contributed by atoms with Crippen LogP contribution in [0, 0.1) is 10.1 Å². The van der Waals surface area contributed by atoms with E-state index >= 15 is 0 Å². The third-order valence-electron chi connectivity index (χ3n) is 5.35. The first-order chi connectivity index (χ1) is 17.4. The number of fused-ring (bicyclic) bond motifs is 1. The molecule has 0 saturated heterocycles. The fourth-order valence-corrected chi connectivity index (χ4v) is 3.59. The van der Waals surface area contributed by atoms with Crippen LogP contribution in [-0.2, 0) is 16.0 Å². The predicted molar refractivity (Wildman–Crippen MR) is 130 cm³/mol. The van der Waals surface area contributed by atoms with Gasteiger partial charge in [-0.2, -0.15) is 0 Å². The molecule has 0 saturated carbocycles. The van der Waals surface area contributed by atoms with Crippen molar-refractivity contribution in [3.05, 3.63) is 106 Å². The predicted octanol–water partition coefficient (Wildman–Crippen LogP) is 4.20. The second-order valence-corrected chi connectivity index (χ2v) is 7.80. The average molecular weight is 487 g/mol. The average Bonchev–Trinajstić information content (AvgIpc) is 3.30. The number of ketones is 1. The summed E-state index contributed by atoms with van der Waals surface area (Å²) in [6.45, 7) is -0.653. The van der Waals surface area contributed by atoms with Crippen molar-refractivity contribution in [2.75, 3.05) is 6.61 Å². The van der Waals surface area contributed by atoms with Crippen LogP contribution in [0.25, 0.3) is 10.9 Å². The van der Waals surface area contributed by atoms with Gasteiger partial charge in [0.25, 0.3) is 5.69 Å². The van der Waals surface area contributed by atoms with E-state index in [1.807, 2.05) is 24.3 Å². The van der Waals surface area contributed by atoms with Crippen LogP contribution in [0.4, 0.5) is 10.5 Å². The molecule has 0 aliphatic heterocycles. The normalized spacial score (nSPS) is 11.4. The zero-order chi connectivity index (χ0) is 25.5. The van der Waals surface area contributed by atoms with E-state index in [0.717, 1.165) is 22.5 Å². The Kier molecular flexibility index (Phi) is 7.35. The van der Waals surface area contributed by atoms with Crippen LogP contribution in [0.1, 0.15) is 15.9 Å². The molecule has 182 valence electrons. The van der Waals surface area contributed by atoms with Crippen molar-refractivity contribution in [2.45, 2.75) is 12.5 Å². The van der Waals surface area contributed by atoms with Crippen molar-refractivity contribution >= 4 is 34.4 Å². The van der Waals surface area contributed by atoms with Gasteiger partial charge in [-0.05, 0) is 23.8 Å². The van der Waals surface area contributed by atoms with Gasteiger partial charge < -0.3 is 19.8 Å². The summed E-state index contributed by atoms with van der Waals surface area (Å²) in [5, 5.41) is 14.3. The second-order valence-electron chi connectivity index (χ2n) is 7.80. The zero-order valence-electron chi connectivity index (χ0n) is 18.9. The number of carbonyl (C=O) groups excluding carboxylic acids is 3. The van der Waals surface area contributed by atoms with Crippen molar-refractivity contribution in [1.29, 1.82) is 0 Å². The van der Waals surface area contributed by atoms with E-state index in [1.165, 1.54) is 18.2 Å². The highest BCUT2D eigenvalue weighted by Crippen LogP contribution is 2.20. The molecule has 4 rings (SSSR count). The van der Waals surface area contributed by atoms with E-state index in [1.54, 1.807) is 36.5 Å². The molecule has 1 aromatic heterocycles. The molecule has 1 atom stereocenters. The number of esters is 1. The molecule has 0 unspecified atom stereocenters. The van der Waals surface area contributed by atoms with Crippen LogP contribution in [-0.4, -0.2) is 40.4 Å². The Bertz CT molecular complexity index is 1420. The standard InChI is InChI=1S/C26H21N3O7/c30-24(17-7-6-8-19(13-17)29(33)34)16-35-25(31)23(28-26(32)36-20-9-2-1-3-10-20)14-18-15-27-22-12-5-4-11-21(18)22/h1-13,15,23,27H,14,16H2,(H,28,32)/t23-/m0/s1. The van der Waals surface area contributed by atoms with Gasteiger partial charge in [-0.3, -0.25) is 14.9 Å². The molecule has 4 aromatic rings. The summed E-state index contributed by atoms with van der Waals surface area (Å²) in [7, 11) is 0. The number of Topliss-reactive ketones (excluding diaryl/α,β-unsaturated/α-hetero) is 1. The topological polar surface area (TPSA) is 141 Å². The number of ether oxygens (including phenoxy) is 2. The number of benzene rings is 3. The largest absolute Gasteiger partial charge is 0.456 e. The van der Waals surface area contributed by atoms with Crippen LogP contribution in [0.2, 0.25) is 0 Å². The molecule has 10 nitrogen and oxygen atoms in total. The van der Waals surface area contributed by atoms with Crippen molar-refractivity contribution in [1.82, 2.24) is 10.3 Å². The number of hydrogen-bond acceptors (Lipinski definition) is 7. The first kappa shape index (κ1) is 24.1. The summed E-state index contributed by atoms with van der Waals surface area (Å²) in [5.41, 5.74) is 1.38. The molecule has 0 bridgehead atoms. The van der Waals surface area contributed by atoms with Crippen LogP contribution in [0.15, 0.2) is 85.1 Å². The second kappa shape index (κ2) is 11.0. The number of aromatic nitrogens is 1. The van der Waals surface area contributed by atoms with E-state index in [-0.39, 0.29) is 23.4 Å². The molecule has 0 aliphatic carbocycles. The fraction of sp³-hybridized carbons (Fsp3) is 0.115. The molecule has 36 heavy (non-hydrogen) atoms. The van der Waals surface area contributed by atoms with Gasteiger partial charge in [0.05, 0.1) is 4.92 Å². The number of nitrogens with zero attached hydrogens (tertiary/aromatic N) is 1. The Morgan fingerprint density at radius 1 is 0.972 bits per heavy atom. The maximum absolute atomic E-state index is 12.9. The Morgan fingerprint density at radius 3 is 2.50 bits per heavy atom. The number of amides is 1. The van der Waals surface area contributed by atoms with Gasteiger partial charge >= 0.3 is 12.1 Å². The summed E-state index contributed by atoms with van der Waals surface area (Å²) in [6, 6.07) is 19.7. The Labute approximate surface area is 205 Å². The number of H-pyrrole nitrogens is 1. The first-order valence-corrected chi connectivity index (χ1v) is 10.9. The minimum absolute atomic E-state index is 0.0293. The fourth-order valence-electron chi connectivity index (χ4n) is 3.59. The lowest BCUT2D eigenvalue weighted by Gasteiger charge is -2.17. The number of nitro groups is 1. The maximum Gasteiger partial charge on any atom is 0.413 e. The Hall–Kier alpha value is -4.99. The van der Waals surface area contributed by atoms with E-state index < -0.39 is 35.4 Å². The monoisotopic (exact) mass is 487 g/mol. The summed E-state index contributed by atoms with van der Waals surface area (Å²) in [6.07, 6.45) is 0.925. The highest BCUT2D eigenvalue weighted by atomic mass is 16.6. The molecule has 1 amide bonds. The van der Waals surface area contributed by atoms with E-state index in [0.29, 0.717) is 0 Å². The minimum Gasteiger partial charge on any atom is -0.456 e. The first-order valence-electron chi connectivity index (χ1n) is 10.9. The number of nitro benzene ring substituents is 1. The van der Waals surface area contributed by atoms with Gasteiger partial charge in [0.1, 0.15) is 11.8 Å². The number of non-ortho nitro benzene ring substituents is 1. The Balaban J connectivity index is 1.48. The van der Waals surface area contributed by atoms with Gasteiger partial charge in [-0.1, -0.05) is 48.5 Å². The summed E-state index contributed by atoms with van der Waals surface area (Å²) < 4.78 is 10.4. The van der Waals surface area contributed by atoms with Crippen molar-refractivity contribution in [2.24, 2.45) is 0 Å². The third kappa shape index (κ3) is 5.92. The molecule has 2 N–H and O–H groups in total. The van der Waals surface area contributed by atoms with Crippen LogP contribution in [0.5, 0.6) is 5.75 Å². The number of aromatic amines is 1. The molecule has 0 fully saturated rings. The van der Waals surface area contributed by atoms with E-state index in [2.05, 4.69) is 10.3 Å². The summed E-state index contributed by atoms with van der Waals surface area (Å²) in [5.74, 6) is -1.19. The zero-order valence-corrected chi connectivity index (χ0v) is 18.9. The smallest absolute Gasteiger partial charge is 0.413 e. The molecule has 0 radical (unpaired) electrons. The van der Waals surface area contributed by atoms with Gasteiger partial charge in [0.2, 0.25) is 5.78 Å². The van der Waals surface area contributed by atoms with Crippen LogP contribution >= 0.6 is 0 Å². The van der Waals surface area contributed by atoms with Gasteiger partial charge in [0, 0.05) is 41.2 Å². The molecule has 0 spiro atoms. The lowest BCUT2D eigenvalue weighted by Crippen LogP contribution is -2.45. The lowest BCUT2D eigenvalue weighted by atomic mass is 10.1. The van der Waals surface area contributed by atoms with Crippen molar-refractivity contribution in [3.63, 3.8) is 0 Å². The Morgan fingerprint density at radius 2 is 1.72 bits per heavy atom. The van der Waals surface area contributed by atoms with Crippen LogP contribution in [0.3, 0.4) is 0 Å². The quantitative estimate of drug-likeness (QED) is 0.156. The van der Waals surface area contributed by atoms with E-state index in [9.17, 15) is 24.5 Å². The van der Waals surface area contributed by atoms with Gasteiger partial charge in [0.15, 0.2) is 6.61 Å². The number of hydrogen-bond donors (Lipinski definition) is 2. The SMILES string of the molecule is O=C(N[C@@H](Cc1c[nH]c2ccccc12)C(=O)OCC(=O)c1cccc([N+](=O)[O-])c1)Oc1ccccc1. The molecule has 3 aromatic carbocycles.